The average molecular weight is 273 g/mol. The zero-order valence-electron chi connectivity index (χ0n) is 9.61. The van der Waals surface area contributed by atoms with E-state index in [-0.39, 0.29) is 0 Å². The molecular formula is C13H11N3S2. The van der Waals surface area contributed by atoms with Gasteiger partial charge in [-0.25, -0.2) is 9.97 Å². The molecule has 0 aliphatic heterocycles. The van der Waals surface area contributed by atoms with Gasteiger partial charge in [-0.05, 0) is 12.5 Å². The van der Waals surface area contributed by atoms with Crippen molar-refractivity contribution in [1.82, 2.24) is 15.0 Å². The number of thiazole rings is 1. The van der Waals surface area contributed by atoms with Gasteiger partial charge in [-0.2, -0.15) is 0 Å². The van der Waals surface area contributed by atoms with Crippen LogP contribution in [-0.4, -0.2) is 20.7 Å². The number of thioether (sulfide) groups is 1. The van der Waals surface area contributed by atoms with Gasteiger partial charge in [0.25, 0.3) is 0 Å². The van der Waals surface area contributed by atoms with Gasteiger partial charge in [0, 0.05) is 22.2 Å². The highest BCUT2D eigenvalue weighted by Gasteiger charge is 2.04. The first-order chi connectivity index (χ1) is 8.93. The van der Waals surface area contributed by atoms with Crippen LogP contribution in [-0.2, 0) is 6.42 Å². The molecule has 0 fully saturated rings. The smallest absolute Gasteiger partial charge is 0.117 e. The lowest BCUT2D eigenvalue weighted by molar-refractivity contribution is 1.09. The van der Waals surface area contributed by atoms with Crippen molar-refractivity contribution in [3.05, 3.63) is 47.2 Å². The van der Waals surface area contributed by atoms with Crippen LogP contribution in [0, 0.1) is 0 Å². The Labute approximate surface area is 113 Å². The van der Waals surface area contributed by atoms with E-state index in [0.29, 0.717) is 0 Å². The van der Waals surface area contributed by atoms with Crippen molar-refractivity contribution in [2.45, 2.75) is 11.4 Å². The molecule has 0 N–H and O–H groups in total. The monoisotopic (exact) mass is 273 g/mol. The summed E-state index contributed by atoms with van der Waals surface area (Å²) >= 11 is 3.48. The van der Waals surface area contributed by atoms with Crippen LogP contribution < -0.4 is 0 Å². The van der Waals surface area contributed by atoms with E-state index in [0.717, 1.165) is 28.1 Å². The summed E-state index contributed by atoms with van der Waals surface area (Å²) in [6.45, 7) is 0. The van der Waals surface area contributed by atoms with Gasteiger partial charge in [-0.1, -0.05) is 18.2 Å². The van der Waals surface area contributed by atoms with Gasteiger partial charge in [0.2, 0.25) is 0 Å². The molecule has 0 amide bonds. The number of hydrogen-bond donors (Lipinski definition) is 0. The van der Waals surface area contributed by atoms with E-state index in [9.17, 15) is 0 Å². The molecular weight excluding hydrogens is 262 g/mol. The molecule has 5 heteroatoms. The molecule has 18 heavy (non-hydrogen) atoms. The van der Waals surface area contributed by atoms with E-state index in [1.807, 2.05) is 29.9 Å². The maximum Gasteiger partial charge on any atom is 0.117 e. The molecule has 0 saturated carbocycles. The van der Waals surface area contributed by atoms with Crippen LogP contribution >= 0.6 is 23.1 Å². The summed E-state index contributed by atoms with van der Waals surface area (Å²) in [6, 6.07) is 8.12. The molecule has 1 aromatic carbocycles. The molecule has 2 heterocycles. The number of hydrogen-bond acceptors (Lipinski definition) is 5. The Kier molecular flexibility index (Phi) is 3.52. The molecule has 0 bridgehead atoms. The lowest BCUT2D eigenvalue weighted by Crippen LogP contribution is -1.90. The first-order valence-corrected chi connectivity index (χ1v) is 7.50. The number of aromatic nitrogens is 3. The minimum Gasteiger partial charge on any atom is -0.253 e. The summed E-state index contributed by atoms with van der Waals surface area (Å²) in [5, 5.41) is 2.19. The minimum atomic E-state index is 1.01. The van der Waals surface area contributed by atoms with Crippen LogP contribution in [0.25, 0.3) is 10.9 Å². The Bertz CT molecular complexity index is 632. The molecule has 3 rings (SSSR count). The second-order valence-electron chi connectivity index (χ2n) is 3.76. The lowest BCUT2D eigenvalue weighted by atomic mass is 10.2. The molecule has 0 radical (unpaired) electrons. The van der Waals surface area contributed by atoms with Gasteiger partial charge in [0.1, 0.15) is 11.4 Å². The average Bonchev–Trinajstić information content (AvgIpc) is 2.92. The molecule has 0 saturated heterocycles. The van der Waals surface area contributed by atoms with Crippen LogP contribution in [0.2, 0.25) is 0 Å². The van der Waals surface area contributed by atoms with Crippen molar-refractivity contribution >= 4 is 34.0 Å². The largest absolute Gasteiger partial charge is 0.253 e. The summed E-state index contributed by atoms with van der Waals surface area (Å²) in [4.78, 5) is 14.0. The SMILES string of the molecule is c1ccc2c(SCCc3cncs3)ncnc2c1. The fourth-order valence-corrected chi connectivity index (χ4v) is 3.40. The van der Waals surface area contributed by atoms with E-state index in [2.05, 4.69) is 21.0 Å². The predicted octanol–water partition coefficient (Wildman–Crippen LogP) is 3.42. The van der Waals surface area contributed by atoms with Crippen molar-refractivity contribution in [2.75, 3.05) is 5.75 Å². The van der Waals surface area contributed by atoms with Gasteiger partial charge < -0.3 is 0 Å². The number of fused-ring (bicyclic) bond motifs is 1. The Morgan fingerprint density at radius 1 is 1.17 bits per heavy atom. The molecule has 0 unspecified atom stereocenters. The predicted molar refractivity (Wildman–Crippen MR) is 76.1 cm³/mol. The standard InChI is InChI=1S/C13H11N3S2/c1-2-4-12-11(3-1)13(16-8-15-12)17-6-5-10-7-14-9-18-10/h1-4,7-9H,5-6H2. The fourth-order valence-electron chi connectivity index (χ4n) is 1.71. The second kappa shape index (κ2) is 5.46. The van der Waals surface area contributed by atoms with Gasteiger partial charge >= 0.3 is 0 Å². The van der Waals surface area contributed by atoms with E-state index < -0.39 is 0 Å². The van der Waals surface area contributed by atoms with Gasteiger partial charge in [0.15, 0.2) is 0 Å². The molecule has 90 valence electrons. The van der Waals surface area contributed by atoms with E-state index >= 15 is 0 Å². The molecule has 0 spiro atoms. The van der Waals surface area contributed by atoms with Crippen molar-refractivity contribution in [3.8, 4) is 0 Å². The third kappa shape index (κ3) is 2.52. The Morgan fingerprint density at radius 3 is 3.00 bits per heavy atom. The lowest BCUT2D eigenvalue weighted by Gasteiger charge is -2.03. The highest BCUT2D eigenvalue weighted by atomic mass is 32.2. The van der Waals surface area contributed by atoms with Crippen LogP contribution in [0.3, 0.4) is 0 Å². The Morgan fingerprint density at radius 2 is 2.11 bits per heavy atom. The highest BCUT2D eigenvalue weighted by molar-refractivity contribution is 7.99. The third-order valence-electron chi connectivity index (χ3n) is 2.58. The number of benzene rings is 1. The summed E-state index contributed by atoms with van der Waals surface area (Å²) in [7, 11) is 0. The molecule has 0 atom stereocenters. The fraction of sp³-hybridized carbons (Fsp3) is 0.154. The summed E-state index contributed by atoms with van der Waals surface area (Å²) in [5.41, 5.74) is 2.88. The minimum absolute atomic E-state index is 1.01. The number of para-hydroxylation sites is 1. The van der Waals surface area contributed by atoms with Crippen molar-refractivity contribution in [1.29, 1.82) is 0 Å². The van der Waals surface area contributed by atoms with Crippen molar-refractivity contribution < 1.29 is 0 Å². The first-order valence-electron chi connectivity index (χ1n) is 5.63. The normalized spacial score (nSPS) is 10.9. The van der Waals surface area contributed by atoms with E-state index in [1.54, 1.807) is 29.4 Å². The third-order valence-corrected chi connectivity index (χ3v) is 4.42. The van der Waals surface area contributed by atoms with E-state index in [4.69, 9.17) is 0 Å². The number of rotatable bonds is 4. The summed E-state index contributed by atoms with van der Waals surface area (Å²) in [6.07, 6.45) is 4.61. The Hall–Kier alpha value is -1.46. The molecule has 2 aromatic heterocycles. The summed E-state index contributed by atoms with van der Waals surface area (Å²) in [5.74, 6) is 1.02. The van der Waals surface area contributed by atoms with Gasteiger partial charge in [-0.15, -0.1) is 23.1 Å². The maximum atomic E-state index is 4.37. The van der Waals surface area contributed by atoms with Crippen LogP contribution in [0.15, 0.2) is 47.3 Å². The molecule has 0 aliphatic rings. The quantitative estimate of drug-likeness (QED) is 0.539. The van der Waals surface area contributed by atoms with Gasteiger partial charge in [-0.3, -0.25) is 4.98 Å². The number of nitrogens with zero attached hydrogens (tertiary/aromatic N) is 3. The maximum absolute atomic E-state index is 4.37. The van der Waals surface area contributed by atoms with Gasteiger partial charge in [0.05, 0.1) is 11.0 Å². The van der Waals surface area contributed by atoms with Crippen molar-refractivity contribution in [3.63, 3.8) is 0 Å². The zero-order valence-corrected chi connectivity index (χ0v) is 11.2. The highest BCUT2D eigenvalue weighted by Crippen LogP contribution is 2.25. The topological polar surface area (TPSA) is 38.7 Å². The molecule has 3 nitrogen and oxygen atoms in total. The van der Waals surface area contributed by atoms with Crippen LogP contribution in [0.4, 0.5) is 0 Å². The second-order valence-corrected chi connectivity index (χ2v) is 5.82. The summed E-state index contributed by atoms with van der Waals surface area (Å²) < 4.78 is 0. The number of aryl methyl sites for hydroxylation is 1. The molecule has 3 aromatic rings. The molecule has 0 aliphatic carbocycles. The first kappa shape index (κ1) is 11.6. The van der Waals surface area contributed by atoms with Crippen molar-refractivity contribution in [2.24, 2.45) is 0 Å². The van der Waals surface area contributed by atoms with E-state index in [1.165, 1.54) is 4.88 Å². The zero-order chi connectivity index (χ0) is 12.2. The van der Waals surface area contributed by atoms with Crippen LogP contribution in [0.1, 0.15) is 4.88 Å². The Balaban J connectivity index is 1.74. The van der Waals surface area contributed by atoms with Crippen LogP contribution in [0.5, 0.6) is 0 Å².